The van der Waals surface area contributed by atoms with E-state index in [1.807, 2.05) is 0 Å². The van der Waals surface area contributed by atoms with Crippen molar-refractivity contribution in [3.05, 3.63) is 0 Å². The predicted octanol–water partition coefficient (Wildman–Crippen LogP) is -0.285. The zero-order valence-electron chi connectivity index (χ0n) is 21.8. The monoisotopic (exact) mass is 534 g/mol. The van der Waals surface area contributed by atoms with Gasteiger partial charge in [0.25, 0.3) is 0 Å². The van der Waals surface area contributed by atoms with Crippen LogP contribution in [0.4, 0.5) is 0 Å². The molecule has 0 aromatic carbocycles. The van der Waals surface area contributed by atoms with Gasteiger partial charge in [-0.1, -0.05) is 0 Å². The van der Waals surface area contributed by atoms with Gasteiger partial charge in [0.2, 0.25) is 0 Å². The molecule has 3 aliphatic rings. The molecule has 210 valence electrons. The lowest BCUT2D eigenvalue weighted by Gasteiger charge is -2.45. The van der Waals surface area contributed by atoms with E-state index in [-0.39, 0.29) is 13.2 Å². The van der Waals surface area contributed by atoms with Crippen molar-refractivity contribution in [2.24, 2.45) is 0 Å². The summed E-state index contributed by atoms with van der Waals surface area (Å²) in [6, 6.07) is 0. The summed E-state index contributed by atoms with van der Waals surface area (Å²) in [6.07, 6.45) is -7.48. The second-order valence-corrected chi connectivity index (χ2v) is 9.67. The largest absolute Gasteiger partial charge is 0.463 e. The van der Waals surface area contributed by atoms with Crippen molar-refractivity contribution in [3.63, 3.8) is 0 Å². The second-order valence-electron chi connectivity index (χ2n) is 9.67. The average molecular weight is 535 g/mol. The van der Waals surface area contributed by atoms with E-state index >= 15 is 0 Å². The van der Waals surface area contributed by atoms with Gasteiger partial charge in [0.15, 0.2) is 41.8 Å². The molecule has 37 heavy (non-hydrogen) atoms. The number of fused-ring (bicyclic) bond motifs is 1. The van der Waals surface area contributed by atoms with E-state index in [4.69, 9.17) is 42.6 Å². The summed E-state index contributed by atoms with van der Waals surface area (Å²) >= 11 is 0. The molecule has 0 saturated carbocycles. The van der Waals surface area contributed by atoms with Crippen molar-refractivity contribution in [1.29, 1.82) is 0 Å². The summed E-state index contributed by atoms with van der Waals surface area (Å²) in [7, 11) is 0. The lowest BCUT2D eigenvalue weighted by Crippen LogP contribution is -2.64. The van der Waals surface area contributed by atoms with Gasteiger partial charge in [0.05, 0.1) is 13.2 Å². The lowest BCUT2D eigenvalue weighted by atomic mass is 9.91. The highest BCUT2D eigenvalue weighted by Gasteiger charge is 2.68. The molecule has 3 aliphatic heterocycles. The van der Waals surface area contributed by atoms with Crippen LogP contribution in [0.2, 0.25) is 0 Å². The first-order valence-electron chi connectivity index (χ1n) is 11.7. The fraction of sp³-hybridized carbons (Fsp3) is 0.826. The van der Waals surface area contributed by atoms with Crippen LogP contribution in [0.5, 0.6) is 0 Å². The molecule has 3 fully saturated rings. The first-order chi connectivity index (χ1) is 17.1. The zero-order valence-corrected chi connectivity index (χ0v) is 21.8. The normalized spacial score (nSPS) is 38.4. The van der Waals surface area contributed by atoms with E-state index in [1.54, 1.807) is 13.8 Å². The van der Waals surface area contributed by atoms with Gasteiger partial charge in [0.1, 0.15) is 18.8 Å². The first-order valence-corrected chi connectivity index (χ1v) is 11.7. The third-order valence-electron chi connectivity index (χ3n) is 6.09. The van der Waals surface area contributed by atoms with Crippen LogP contribution in [-0.2, 0) is 61.8 Å². The fourth-order valence-electron chi connectivity index (χ4n) is 4.67. The molecule has 0 aliphatic carbocycles. The molecular formula is C23H34O14. The van der Waals surface area contributed by atoms with Crippen molar-refractivity contribution in [2.75, 3.05) is 19.8 Å². The highest BCUT2D eigenvalue weighted by atomic mass is 16.8. The van der Waals surface area contributed by atoms with Crippen molar-refractivity contribution in [3.8, 4) is 0 Å². The van der Waals surface area contributed by atoms with Gasteiger partial charge in [-0.05, 0) is 20.8 Å². The summed E-state index contributed by atoms with van der Waals surface area (Å²) in [6.45, 7) is 8.49. The van der Waals surface area contributed by atoms with E-state index in [9.17, 15) is 24.3 Å². The zero-order chi connectivity index (χ0) is 27.8. The molecule has 1 N–H and O–H groups in total. The molecule has 0 aromatic rings. The molecule has 0 amide bonds. The maximum Gasteiger partial charge on any atom is 0.303 e. The maximum absolute atomic E-state index is 12.0. The first kappa shape index (κ1) is 29.2. The maximum atomic E-state index is 12.0. The third-order valence-corrected chi connectivity index (χ3v) is 6.09. The van der Waals surface area contributed by atoms with Crippen LogP contribution in [0.15, 0.2) is 0 Å². The Kier molecular flexibility index (Phi) is 8.51. The number of ether oxygens (including phenoxy) is 9. The third kappa shape index (κ3) is 6.38. The van der Waals surface area contributed by atoms with Crippen LogP contribution in [0.3, 0.4) is 0 Å². The highest BCUT2D eigenvalue weighted by molar-refractivity contribution is 5.68. The van der Waals surface area contributed by atoms with E-state index in [2.05, 4.69) is 0 Å². The summed E-state index contributed by atoms with van der Waals surface area (Å²) in [5, 5.41) is 11.0. The lowest BCUT2D eigenvalue weighted by molar-refractivity contribution is -0.336. The van der Waals surface area contributed by atoms with Crippen molar-refractivity contribution in [1.82, 2.24) is 0 Å². The minimum atomic E-state index is -1.83. The van der Waals surface area contributed by atoms with Crippen LogP contribution in [0.25, 0.3) is 0 Å². The molecule has 0 bridgehead atoms. The van der Waals surface area contributed by atoms with Crippen LogP contribution >= 0.6 is 0 Å². The standard InChI is InChI=1S/C23H34O14/c1-11(24)29-8-15-17(32-12(2)25)18(33-13(3)26)19(34-14(4)27)20(35-15)30-10-23-16(9-31-22(23,7)28)36-21(5,6)37-23/h15-20,28H,8-10H2,1-7H3/t15-,16-,17+,18+,19-,20-,22+,23-/m1/s1. The van der Waals surface area contributed by atoms with E-state index in [1.165, 1.54) is 13.8 Å². The Hall–Kier alpha value is -2.36. The van der Waals surface area contributed by atoms with Gasteiger partial charge in [-0.3, -0.25) is 19.2 Å². The Bertz CT molecular complexity index is 900. The Morgan fingerprint density at radius 1 is 0.865 bits per heavy atom. The van der Waals surface area contributed by atoms with E-state index < -0.39 is 84.5 Å². The second kappa shape index (κ2) is 10.8. The summed E-state index contributed by atoms with van der Waals surface area (Å²) in [4.78, 5) is 47.3. The van der Waals surface area contributed by atoms with Gasteiger partial charge in [-0.25, -0.2) is 0 Å². The molecule has 3 heterocycles. The molecule has 0 unspecified atom stereocenters. The SMILES string of the molecule is CC(=O)OC[C@H]1O[C@@H](OC[C@@]23OC(C)(C)O[C@@H]2CO[C@]3(C)O)[C@H](OC(C)=O)[C@@H](OC(C)=O)[C@H]1OC(C)=O. The number of rotatable bonds is 8. The van der Waals surface area contributed by atoms with E-state index in [0.717, 1.165) is 20.8 Å². The molecule has 0 aromatic heterocycles. The molecule has 0 spiro atoms. The summed E-state index contributed by atoms with van der Waals surface area (Å²) in [5.41, 5.74) is -1.50. The molecule has 8 atom stereocenters. The number of hydrogen-bond donors (Lipinski definition) is 1. The topological polar surface area (TPSA) is 172 Å². The minimum absolute atomic E-state index is 0.0123. The average Bonchev–Trinajstić information content (AvgIpc) is 3.15. The minimum Gasteiger partial charge on any atom is -0.463 e. The number of hydrogen-bond acceptors (Lipinski definition) is 14. The molecule has 3 saturated heterocycles. The van der Waals surface area contributed by atoms with Crippen LogP contribution in [-0.4, -0.2) is 103 Å². The highest BCUT2D eigenvalue weighted by Crippen LogP contribution is 2.49. The molecule has 3 rings (SSSR count). The Labute approximate surface area is 213 Å². The van der Waals surface area contributed by atoms with Gasteiger partial charge in [-0.2, -0.15) is 0 Å². The molecule has 14 nitrogen and oxygen atoms in total. The van der Waals surface area contributed by atoms with Crippen molar-refractivity contribution < 1.29 is 66.9 Å². The van der Waals surface area contributed by atoms with Crippen LogP contribution < -0.4 is 0 Å². The predicted molar refractivity (Wildman–Crippen MR) is 117 cm³/mol. The fourth-order valence-corrected chi connectivity index (χ4v) is 4.67. The van der Waals surface area contributed by atoms with Gasteiger partial charge in [-0.15, -0.1) is 0 Å². The molecule has 0 radical (unpaired) electrons. The van der Waals surface area contributed by atoms with Crippen LogP contribution in [0, 0.1) is 0 Å². The van der Waals surface area contributed by atoms with Gasteiger partial charge in [0, 0.05) is 27.7 Å². The Morgan fingerprint density at radius 2 is 1.43 bits per heavy atom. The Balaban J connectivity index is 1.95. The van der Waals surface area contributed by atoms with Crippen molar-refractivity contribution >= 4 is 23.9 Å². The smallest absolute Gasteiger partial charge is 0.303 e. The number of aliphatic hydroxyl groups is 1. The van der Waals surface area contributed by atoms with Crippen LogP contribution in [0.1, 0.15) is 48.5 Å². The quantitative estimate of drug-likeness (QED) is 0.318. The molecular weight excluding hydrogens is 500 g/mol. The van der Waals surface area contributed by atoms with Crippen molar-refractivity contribution in [2.45, 2.75) is 102 Å². The summed E-state index contributed by atoms with van der Waals surface area (Å²) < 4.78 is 50.5. The van der Waals surface area contributed by atoms with Gasteiger partial charge < -0.3 is 47.7 Å². The van der Waals surface area contributed by atoms with E-state index in [0.29, 0.717) is 0 Å². The number of carbonyl (C=O) groups is 4. The Morgan fingerprint density at radius 3 is 2.00 bits per heavy atom. The molecule has 14 heteroatoms. The van der Waals surface area contributed by atoms with Gasteiger partial charge >= 0.3 is 23.9 Å². The number of esters is 4. The number of carbonyl (C=O) groups excluding carboxylic acids is 4. The summed E-state index contributed by atoms with van der Waals surface area (Å²) in [5.74, 6) is -5.85.